The highest BCUT2D eigenvalue weighted by atomic mass is 16.5. The Kier molecular flexibility index (Phi) is 5.76. The van der Waals surface area contributed by atoms with Gasteiger partial charge in [-0.3, -0.25) is 14.3 Å². The van der Waals surface area contributed by atoms with E-state index in [0.717, 1.165) is 18.5 Å². The number of ether oxygens (including phenoxy) is 1. The molecule has 1 fully saturated rings. The highest BCUT2D eigenvalue weighted by Crippen LogP contribution is 2.23. The number of carbonyl (C=O) groups excluding carboxylic acids is 1. The fourth-order valence-corrected chi connectivity index (χ4v) is 2.92. The van der Waals surface area contributed by atoms with Gasteiger partial charge in [0.1, 0.15) is 6.54 Å². The van der Waals surface area contributed by atoms with Gasteiger partial charge >= 0.3 is 5.97 Å². The third kappa shape index (κ3) is 4.31. The van der Waals surface area contributed by atoms with Crippen molar-refractivity contribution in [1.29, 1.82) is 0 Å². The highest BCUT2D eigenvalue weighted by molar-refractivity contribution is 5.96. The molecule has 1 saturated heterocycles. The Balaban J connectivity index is 2.20. The molecule has 1 aliphatic heterocycles. The molecule has 0 spiro atoms. The van der Waals surface area contributed by atoms with E-state index in [1.807, 2.05) is 25.5 Å². The largest absolute Gasteiger partial charge is 0.480 e. The predicted molar refractivity (Wildman–Crippen MR) is 84.4 cm³/mol. The SMILES string of the molecule is Cc1c(C(=O)N(CC(=O)O)CC(C)C)cnn1C1CCOCC1. The zero-order valence-electron chi connectivity index (χ0n) is 14.0. The molecule has 7 heteroatoms. The van der Waals surface area contributed by atoms with Gasteiger partial charge < -0.3 is 14.7 Å². The van der Waals surface area contributed by atoms with Crippen LogP contribution in [0.3, 0.4) is 0 Å². The number of carbonyl (C=O) groups is 2. The number of carboxylic acids is 1. The van der Waals surface area contributed by atoms with E-state index in [9.17, 15) is 9.59 Å². The minimum atomic E-state index is -1.01. The maximum Gasteiger partial charge on any atom is 0.323 e. The second-order valence-electron chi connectivity index (χ2n) is 6.41. The van der Waals surface area contributed by atoms with Crippen molar-refractivity contribution >= 4 is 11.9 Å². The van der Waals surface area contributed by atoms with Gasteiger partial charge in [0, 0.05) is 25.5 Å². The molecule has 7 nitrogen and oxygen atoms in total. The molecule has 1 aliphatic rings. The Morgan fingerprint density at radius 1 is 1.43 bits per heavy atom. The summed E-state index contributed by atoms with van der Waals surface area (Å²) in [4.78, 5) is 25.1. The quantitative estimate of drug-likeness (QED) is 0.862. The lowest BCUT2D eigenvalue weighted by molar-refractivity contribution is -0.137. The van der Waals surface area contributed by atoms with Crippen LogP contribution >= 0.6 is 0 Å². The van der Waals surface area contributed by atoms with Crippen molar-refractivity contribution in [2.45, 2.75) is 39.7 Å². The Labute approximate surface area is 136 Å². The van der Waals surface area contributed by atoms with Gasteiger partial charge in [0.05, 0.1) is 17.8 Å². The number of rotatable bonds is 6. The van der Waals surface area contributed by atoms with Crippen LogP contribution in [0.15, 0.2) is 6.20 Å². The lowest BCUT2D eigenvalue weighted by Crippen LogP contribution is -2.38. The molecule has 0 radical (unpaired) electrons. The standard InChI is InChI=1S/C16H25N3O4/c1-11(2)9-18(10-15(20)21)16(22)14-8-17-19(12(14)3)13-4-6-23-7-5-13/h8,11,13H,4-7,9-10H2,1-3H3,(H,20,21). The van der Waals surface area contributed by atoms with Gasteiger partial charge in [-0.2, -0.15) is 5.10 Å². The van der Waals surface area contributed by atoms with E-state index in [0.29, 0.717) is 25.3 Å². The Morgan fingerprint density at radius 3 is 2.65 bits per heavy atom. The van der Waals surface area contributed by atoms with Gasteiger partial charge in [-0.1, -0.05) is 13.8 Å². The van der Waals surface area contributed by atoms with E-state index in [2.05, 4.69) is 5.10 Å². The van der Waals surface area contributed by atoms with E-state index in [1.165, 1.54) is 4.90 Å². The molecule has 0 bridgehead atoms. The van der Waals surface area contributed by atoms with Gasteiger partial charge in [0.2, 0.25) is 0 Å². The van der Waals surface area contributed by atoms with E-state index in [1.54, 1.807) is 6.20 Å². The van der Waals surface area contributed by atoms with Crippen molar-refractivity contribution in [3.63, 3.8) is 0 Å². The lowest BCUT2D eigenvalue weighted by atomic mass is 10.1. The average molecular weight is 323 g/mol. The zero-order chi connectivity index (χ0) is 17.0. The van der Waals surface area contributed by atoms with Crippen LogP contribution in [-0.4, -0.2) is 58.0 Å². The van der Waals surface area contributed by atoms with Crippen LogP contribution in [0.5, 0.6) is 0 Å². The number of aromatic nitrogens is 2. The number of nitrogens with zero attached hydrogens (tertiary/aromatic N) is 3. The molecule has 2 heterocycles. The molecular formula is C16H25N3O4. The lowest BCUT2D eigenvalue weighted by Gasteiger charge is -2.25. The van der Waals surface area contributed by atoms with Gasteiger partial charge in [0.15, 0.2) is 0 Å². The zero-order valence-corrected chi connectivity index (χ0v) is 14.0. The molecule has 128 valence electrons. The van der Waals surface area contributed by atoms with E-state index in [4.69, 9.17) is 9.84 Å². The number of aliphatic carboxylic acids is 1. The van der Waals surface area contributed by atoms with Crippen molar-refractivity contribution in [3.05, 3.63) is 17.5 Å². The first-order chi connectivity index (χ1) is 10.9. The molecule has 0 saturated carbocycles. The molecule has 0 aliphatic carbocycles. The summed E-state index contributed by atoms with van der Waals surface area (Å²) in [7, 11) is 0. The topological polar surface area (TPSA) is 84.7 Å². The Hall–Kier alpha value is -1.89. The first-order valence-electron chi connectivity index (χ1n) is 8.03. The van der Waals surface area contributed by atoms with Crippen molar-refractivity contribution in [2.75, 3.05) is 26.3 Å². The summed E-state index contributed by atoms with van der Waals surface area (Å²) in [5.41, 5.74) is 1.28. The molecule has 0 aromatic carbocycles. The van der Waals surface area contributed by atoms with Crippen LogP contribution in [0.25, 0.3) is 0 Å². The fourth-order valence-electron chi connectivity index (χ4n) is 2.92. The van der Waals surface area contributed by atoms with E-state index >= 15 is 0 Å². The van der Waals surface area contributed by atoms with Crippen LogP contribution < -0.4 is 0 Å². The molecule has 1 aromatic rings. The van der Waals surface area contributed by atoms with Crippen molar-refractivity contribution in [2.24, 2.45) is 5.92 Å². The summed E-state index contributed by atoms with van der Waals surface area (Å²) in [5, 5.41) is 13.4. The minimum Gasteiger partial charge on any atom is -0.480 e. The molecular weight excluding hydrogens is 298 g/mol. The summed E-state index contributed by atoms with van der Waals surface area (Å²) in [5.74, 6) is -1.07. The minimum absolute atomic E-state index is 0.198. The first-order valence-corrected chi connectivity index (χ1v) is 8.03. The van der Waals surface area contributed by atoms with Gasteiger partial charge in [-0.25, -0.2) is 0 Å². The van der Waals surface area contributed by atoms with Crippen LogP contribution in [-0.2, 0) is 9.53 Å². The number of hydrogen-bond acceptors (Lipinski definition) is 4. The van der Waals surface area contributed by atoms with Gasteiger partial charge in [-0.15, -0.1) is 0 Å². The van der Waals surface area contributed by atoms with Crippen LogP contribution in [0.2, 0.25) is 0 Å². The first kappa shape index (κ1) is 17.5. The second-order valence-corrected chi connectivity index (χ2v) is 6.41. The van der Waals surface area contributed by atoms with E-state index in [-0.39, 0.29) is 24.4 Å². The highest BCUT2D eigenvalue weighted by Gasteiger charge is 2.26. The van der Waals surface area contributed by atoms with Gasteiger partial charge in [0.25, 0.3) is 5.91 Å². The molecule has 23 heavy (non-hydrogen) atoms. The molecule has 1 amide bonds. The second kappa shape index (κ2) is 7.59. The maximum atomic E-state index is 12.7. The van der Waals surface area contributed by atoms with Crippen molar-refractivity contribution in [1.82, 2.24) is 14.7 Å². The average Bonchev–Trinajstić information content (AvgIpc) is 2.87. The van der Waals surface area contributed by atoms with Crippen LogP contribution in [0.4, 0.5) is 0 Å². The summed E-state index contributed by atoms with van der Waals surface area (Å²) in [6.07, 6.45) is 3.31. The summed E-state index contributed by atoms with van der Waals surface area (Å²) in [6, 6.07) is 0.239. The van der Waals surface area contributed by atoms with Crippen molar-refractivity contribution in [3.8, 4) is 0 Å². The molecule has 1 N–H and O–H groups in total. The third-order valence-corrected chi connectivity index (χ3v) is 4.01. The van der Waals surface area contributed by atoms with Crippen LogP contribution in [0.1, 0.15) is 48.8 Å². The maximum absolute atomic E-state index is 12.7. The molecule has 1 aromatic heterocycles. The monoisotopic (exact) mass is 323 g/mol. The Morgan fingerprint density at radius 2 is 2.09 bits per heavy atom. The number of carboxylic acid groups (broad SMARTS) is 1. The molecule has 0 unspecified atom stereocenters. The third-order valence-electron chi connectivity index (χ3n) is 4.01. The number of amides is 1. The van der Waals surface area contributed by atoms with E-state index < -0.39 is 5.97 Å². The predicted octanol–water partition coefficient (Wildman–Crippen LogP) is 1.73. The summed E-state index contributed by atoms with van der Waals surface area (Å²) >= 11 is 0. The smallest absolute Gasteiger partial charge is 0.323 e. The fraction of sp³-hybridized carbons (Fsp3) is 0.688. The molecule has 0 atom stereocenters. The molecule has 2 rings (SSSR count). The summed E-state index contributed by atoms with van der Waals surface area (Å²) in [6.45, 7) is 7.30. The Bertz CT molecular complexity index is 562. The van der Waals surface area contributed by atoms with Crippen LogP contribution in [0, 0.1) is 12.8 Å². The van der Waals surface area contributed by atoms with Gasteiger partial charge in [-0.05, 0) is 25.7 Å². The number of hydrogen-bond donors (Lipinski definition) is 1. The normalized spacial score (nSPS) is 15.8. The van der Waals surface area contributed by atoms with Crippen molar-refractivity contribution < 1.29 is 19.4 Å². The summed E-state index contributed by atoms with van der Waals surface area (Å²) < 4.78 is 7.24.